The lowest BCUT2D eigenvalue weighted by Gasteiger charge is -2.11. The van der Waals surface area contributed by atoms with Crippen LogP contribution in [0.5, 0.6) is 11.5 Å². The number of anilines is 1. The average molecular weight is 457 g/mol. The highest BCUT2D eigenvalue weighted by molar-refractivity contribution is 7.14. The van der Waals surface area contributed by atoms with Crippen LogP contribution in [0.1, 0.15) is 31.7 Å². The highest BCUT2D eigenvalue weighted by Crippen LogP contribution is 2.31. The van der Waals surface area contributed by atoms with Gasteiger partial charge in [0.15, 0.2) is 16.6 Å². The standard InChI is InChI=1S/C24H25ClN2O3S/c1-3-4-7-14-30-21-12-10-17(15-22(21)29-2)11-13-23(28)27-24-26-20(16-31-24)18-8-5-6-9-19(18)25/h5-6,8-13,15-16H,3-4,7,14H2,1-2H3,(H,26,27,28). The fourth-order valence-corrected chi connectivity index (χ4v) is 3.83. The predicted octanol–water partition coefficient (Wildman–Crippen LogP) is 6.69. The van der Waals surface area contributed by atoms with Crippen LogP contribution in [-0.4, -0.2) is 24.6 Å². The molecule has 0 saturated carbocycles. The fraction of sp³-hybridized carbons (Fsp3) is 0.250. The van der Waals surface area contributed by atoms with Crippen molar-refractivity contribution in [3.8, 4) is 22.8 Å². The van der Waals surface area contributed by atoms with Crippen molar-refractivity contribution >= 4 is 40.1 Å². The molecule has 0 aliphatic rings. The molecule has 0 bridgehead atoms. The Hall–Kier alpha value is -2.83. The molecule has 31 heavy (non-hydrogen) atoms. The first kappa shape index (κ1) is 22.8. The molecule has 5 nitrogen and oxygen atoms in total. The van der Waals surface area contributed by atoms with Crippen LogP contribution in [0, 0.1) is 0 Å². The molecule has 0 radical (unpaired) electrons. The first-order valence-electron chi connectivity index (χ1n) is 10.1. The fourth-order valence-electron chi connectivity index (χ4n) is 2.88. The zero-order valence-corrected chi connectivity index (χ0v) is 19.1. The minimum atomic E-state index is -0.265. The van der Waals surface area contributed by atoms with Gasteiger partial charge in [0.05, 0.1) is 19.4 Å². The minimum absolute atomic E-state index is 0.265. The Labute approximate surface area is 191 Å². The Morgan fingerprint density at radius 2 is 2.03 bits per heavy atom. The van der Waals surface area contributed by atoms with Gasteiger partial charge in [0, 0.05) is 22.0 Å². The van der Waals surface area contributed by atoms with Gasteiger partial charge < -0.3 is 9.47 Å². The first-order chi connectivity index (χ1) is 15.1. The monoisotopic (exact) mass is 456 g/mol. The molecule has 0 fully saturated rings. The number of benzene rings is 2. The summed E-state index contributed by atoms with van der Waals surface area (Å²) in [6.45, 7) is 2.82. The van der Waals surface area contributed by atoms with Crippen LogP contribution in [0.15, 0.2) is 53.9 Å². The Kier molecular flexibility index (Phi) is 8.50. The molecule has 3 rings (SSSR count). The molecule has 3 aromatic rings. The number of hydrogen-bond donors (Lipinski definition) is 1. The van der Waals surface area contributed by atoms with Crippen molar-refractivity contribution in [2.75, 3.05) is 19.0 Å². The Morgan fingerprint density at radius 3 is 2.81 bits per heavy atom. The SMILES string of the molecule is CCCCCOc1ccc(C=CC(=O)Nc2nc(-c3ccccc3Cl)cs2)cc1OC. The van der Waals surface area contributed by atoms with Gasteiger partial charge in [-0.15, -0.1) is 11.3 Å². The maximum Gasteiger partial charge on any atom is 0.250 e. The van der Waals surface area contributed by atoms with E-state index in [9.17, 15) is 4.79 Å². The lowest BCUT2D eigenvalue weighted by atomic mass is 10.2. The van der Waals surface area contributed by atoms with Crippen LogP contribution >= 0.6 is 22.9 Å². The van der Waals surface area contributed by atoms with Crippen LogP contribution < -0.4 is 14.8 Å². The molecular weight excluding hydrogens is 432 g/mol. The summed E-state index contributed by atoms with van der Waals surface area (Å²) in [5.74, 6) is 1.08. The van der Waals surface area contributed by atoms with Crippen LogP contribution in [-0.2, 0) is 4.79 Å². The normalized spacial score (nSPS) is 10.9. The molecule has 1 heterocycles. The summed E-state index contributed by atoms with van der Waals surface area (Å²) in [6.07, 6.45) is 6.48. The van der Waals surface area contributed by atoms with Crippen LogP contribution in [0.3, 0.4) is 0 Å². The largest absolute Gasteiger partial charge is 0.493 e. The highest BCUT2D eigenvalue weighted by Gasteiger charge is 2.09. The average Bonchev–Trinajstić information content (AvgIpc) is 3.24. The summed E-state index contributed by atoms with van der Waals surface area (Å²) in [4.78, 5) is 16.8. The number of carbonyl (C=O) groups is 1. The van der Waals surface area contributed by atoms with E-state index in [2.05, 4.69) is 17.2 Å². The number of ether oxygens (including phenoxy) is 2. The molecule has 7 heteroatoms. The Morgan fingerprint density at radius 1 is 1.19 bits per heavy atom. The topological polar surface area (TPSA) is 60.5 Å². The molecule has 1 N–H and O–H groups in total. The van der Waals surface area contributed by atoms with Gasteiger partial charge in [0.25, 0.3) is 0 Å². The number of rotatable bonds is 10. The molecule has 0 unspecified atom stereocenters. The quantitative estimate of drug-likeness (QED) is 0.272. The highest BCUT2D eigenvalue weighted by atomic mass is 35.5. The maximum atomic E-state index is 12.3. The van der Waals surface area contributed by atoms with Crippen molar-refractivity contribution in [3.05, 3.63) is 64.5 Å². The summed E-state index contributed by atoms with van der Waals surface area (Å²) < 4.78 is 11.2. The van der Waals surface area contributed by atoms with Crippen LogP contribution in [0.25, 0.3) is 17.3 Å². The lowest BCUT2D eigenvalue weighted by Crippen LogP contribution is -2.07. The summed E-state index contributed by atoms with van der Waals surface area (Å²) in [5.41, 5.74) is 2.40. The van der Waals surface area contributed by atoms with Gasteiger partial charge in [0.2, 0.25) is 5.91 Å². The van der Waals surface area contributed by atoms with E-state index in [0.29, 0.717) is 28.3 Å². The number of halogens is 1. The second-order valence-electron chi connectivity index (χ2n) is 6.81. The van der Waals surface area contributed by atoms with E-state index in [0.717, 1.165) is 36.1 Å². The van der Waals surface area contributed by atoms with Crippen molar-refractivity contribution in [2.24, 2.45) is 0 Å². The number of nitrogens with one attached hydrogen (secondary N) is 1. The number of carbonyl (C=O) groups excluding carboxylic acids is 1. The number of aromatic nitrogens is 1. The number of unbranched alkanes of at least 4 members (excludes halogenated alkanes) is 2. The van der Waals surface area contributed by atoms with E-state index in [1.807, 2.05) is 47.8 Å². The predicted molar refractivity (Wildman–Crippen MR) is 128 cm³/mol. The van der Waals surface area contributed by atoms with E-state index in [4.69, 9.17) is 21.1 Å². The third kappa shape index (κ3) is 6.57. The number of hydrogen-bond acceptors (Lipinski definition) is 5. The smallest absolute Gasteiger partial charge is 0.250 e. The molecular formula is C24H25ClN2O3S. The van der Waals surface area contributed by atoms with Crippen LogP contribution in [0.2, 0.25) is 5.02 Å². The summed E-state index contributed by atoms with van der Waals surface area (Å²) in [7, 11) is 1.60. The van der Waals surface area contributed by atoms with E-state index in [1.165, 1.54) is 17.4 Å². The zero-order chi connectivity index (χ0) is 22.1. The maximum absolute atomic E-state index is 12.3. The van der Waals surface area contributed by atoms with E-state index >= 15 is 0 Å². The van der Waals surface area contributed by atoms with Crippen molar-refractivity contribution in [1.29, 1.82) is 0 Å². The second kappa shape index (κ2) is 11.5. The molecule has 0 spiro atoms. The molecule has 1 aromatic heterocycles. The van der Waals surface area contributed by atoms with Gasteiger partial charge in [-0.2, -0.15) is 0 Å². The minimum Gasteiger partial charge on any atom is -0.493 e. The van der Waals surface area contributed by atoms with Gasteiger partial charge in [-0.25, -0.2) is 4.98 Å². The van der Waals surface area contributed by atoms with Gasteiger partial charge in [0.1, 0.15) is 0 Å². The number of thiazole rings is 1. The first-order valence-corrected chi connectivity index (χ1v) is 11.4. The van der Waals surface area contributed by atoms with Gasteiger partial charge >= 0.3 is 0 Å². The molecule has 0 aliphatic carbocycles. The molecule has 1 amide bonds. The van der Waals surface area contributed by atoms with Crippen molar-refractivity contribution in [3.63, 3.8) is 0 Å². The molecule has 162 valence electrons. The zero-order valence-electron chi connectivity index (χ0n) is 17.6. The van der Waals surface area contributed by atoms with Gasteiger partial charge in [-0.1, -0.05) is 55.6 Å². The number of methoxy groups -OCH3 is 1. The lowest BCUT2D eigenvalue weighted by molar-refractivity contribution is -0.111. The Balaban J connectivity index is 1.60. The second-order valence-corrected chi connectivity index (χ2v) is 8.07. The van der Waals surface area contributed by atoms with E-state index < -0.39 is 0 Å². The van der Waals surface area contributed by atoms with E-state index in [-0.39, 0.29) is 5.91 Å². The Bertz CT molecular complexity index is 1050. The van der Waals surface area contributed by atoms with Crippen molar-refractivity contribution < 1.29 is 14.3 Å². The summed E-state index contributed by atoms with van der Waals surface area (Å²) >= 11 is 7.57. The molecule has 0 aliphatic heterocycles. The summed E-state index contributed by atoms with van der Waals surface area (Å²) in [6, 6.07) is 13.1. The van der Waals surface area contributed by atoms with Crippen LogP contribution in [0.4, 0.5) is 5.13 Å². The molecule has 0 saturated heterocycles. The molecule has 0 atom stereocenters. The summed E-state index contributed by atoms with van der Waals surface area (Å²) in [5, 5.41) is 5.78. The molecule has 2 aromatic carbocycles. The third-order valence-electron chi connectivity index (χ3n) is 4.50. The van der Waals surface area contributed by atoms with Gasteiger partial charge in [-0.3, -0.25) is 10.1 Å². The van der Waals surface area contributed by atoms with Gasteiger partial charge in [-0.05, 0) is 36.3 Å². The van der Waals surface area contributed by atoms with Crippen molar-refractivity contribution in [2.45, 2.75) is 26.2 Å². The third-order valence-corrected chi connectivity index (χ3v) is 5.59. The van der Waals surface area contributed by atoms with Crippen molar-refractivity contribution in [1.82, 2.24) is 4.98 Å². The van der Waals surface area contributed by atoms with E-state index in [1.54, 1.807) is 13.2 Å². The number of amides is 1. The number of nitrogens with zero attached hydrogens (tertiary/aromatic N) is 1.